The van der Waals surface area contributed by atoms with Crippen molar-refractivity contribution < 1.29 is 14.2 Å². The number of aromatic nitrogens is 2. The molecule has 1 N–H and O–H groups in total. The van der Waals surface area contributed by atoms with Gasteiger partial charge in [-0.3, -0.25) is 0 Å². The summed E-state index contributed by atoms with van der Waals surface area (Å²) in [5.41, 5.74) is 1.93. The van der Waals surface area contributed by atoms with E-state index in [1.54, 1.807) is 18.5 Å². The Labute approximate surface area is 137 Å². The van der Waals surface area contributed by atoms with Crippen LogP contribution in [0.4, 0.5) is 4.39 Å². The molecule has 0 amide bonds. The second-order valence-electron chi connectivity index (χ2n) is 5.89. The molecule has 4 nitrogen and oxygen atoms in total. The Hall–Kier alpha value is -1.95. The average molecular weight is 333 g/mol. The van der Waals surface area contributed by atoms with Gasteiger partial charge < -0.3 is 14.4 Å². The predicted molar refractivity (Wildman–Crippen MR) is 85.9 cm³/mol. The lowest BCUT2D eigenvalue weighted by Gasteiger charge is -2.36. The molecule has 1 aliphatic rings. The van der Waals surface area contributed by atoms with Crippen molar-refractivity contribution in [3.8, 4) is 11.1 Å². The summed E-state index contributed by atoms with van der Waals surface area (Å²) in [5, 5.41) is 10.4. The van der Waals surface area contributed by atoms with E-state index in [0.29, 0.717) is 25.3 Å². The Morgan fingerprint density at radius 1 is 1.30 bits per heavy atom. The maximum atomic E-state index is 14.2. The van der Waals surface area contributed by atoms with Gasteiger partial charge in [0, 0.05) is 5.56 Å². The molecule has 0 radical (unpaired) electrons. The highest BCUT2D eigenvalue weighted by atomic mass is 35.5. The highest BCUT2D eigenvalue weighted by Crippen LogP contribution is 2.30. The molecule has 0 aliphatic carbocycles. The van der Waals surface area contributed by atoms with E-state index in [0.717, 1.165) is 16.6 Å². The molecule has 1 saturated heterocycles. The summed E-state index contributed by atoms with van der Waals surface area (Å²) in [6.07, 6.45) is 1.68. The topological polar surface area (TPSA) is 47.3 Å². The molecule has 6 heteroatoms. The van der Waals surface area contributed by atoms with Gasteiger partial charge in [-0.05, 0) is 23.8 Å². The van der Waals surface area contributed by atoms with Crippen LogP contribution in [-0.2, 0) is 11.3 Å². The van der Waals surface area contributed by atoms with E-state index in [9.17, 15) is 9.50 Å². The third kappa shape index (κ3) is 2.51. The van der Waals surface area contributed by atoms with Gasteiger partial charge in [-0.15, -0.1) is 0 Å². The summed E-state index contributed by atoms with van der Waals surface area (Å²) in [6.45, 7) is 1.02. The van der Waals surface area contributed by atoms with Gasteiger partial charge in [-0.25, -0.2) is 9.37 Å². The van der Waals surface area contributed by atoms with Crippen LogP contribution in [0, 0.1) is 5.82 Å². The minimum atomic E-state index is -0.856. The highest BCUT2D eigenvalue weighted by molar-refractivity contribution is 6.31. The van der Waals surface area contributed by atoms with E-state index in [1.807, 2.05) is 22.8 Å². The number of fused-ring (bicyclic) bond motifs is 1. The van der Waals surface area contributed by atoms with Crippen molar-refractivity contribution in [2.75, 3.05) is 13.2 Å². The fourth-order valence-corrected chi connectivity index (χ4v) is 3.00. The molecule has 0 atom stereocenters. The van der Waals surface area contributed by atoms with E-state index in [-0.39, 0.29) is 5.02 Å². The van der Waals surface area contributed by atoms with Gasteiger partial charge in [0.15, 0.2) is 0 Å². The number of rotatable bonds is 3. The summed E-state index contributed by atoms with van der Waals surface area (Å²) in [5.74, 6) is -0.439. The van der Waals surface area contributed by atoms with Gasteiger partial charge in [0.2, 0.25) is 0 Å². The molecular weight excluding hydrogens is 319 g/mol. The number of hydrogen-bond acceptors (Lipinski definition) is 3. The third-order valence-corrected chi connectivity index (χ3v) is 4.38. The molecule has 3 aromatic rings. The van der Waals surface area contributed by atoms with Crippen molar-refractivity contribution >= 4 is 22.6 Å². The van der Waals surface area contributed by atoms with Crippen molar-refractivity contribution in [3.05, 3.63) is 53.6 Å². The maximum Gasteiger partial charge on any atom is 0.149 e. The van der Waals surface area contributed by atoms with Crippen molar-refractivity contribution in [2.24, 2.45) is 0 Å². The molecule has 0 saturated carbocycles. The number of ether oxygens (including phenoxy) is 1. The van der Waals surface area contributed by atoms with Crippen molar-refractivity contribution in [1.82, 2.24) is 9.55 Å². The van der Waals surface area contributed by atoms with E-state index < -0.39 is 11.4 Å². The second-order valence-corrected chi connectivity index (χ2v) is 6.30. The molecule has 4 rings (SSSR count). The van der Waals surface area contributed by atoms with E-state index >= 15 is 0 Å². The smallest absolute Gasteiger partial charge is 0.149 e. The number of aliphatic hydroxyl groups is 1. The lowest BCUT2D eigenvalue weighted by molar-refractivity contribution is -0.184. The first-order chi connectivity index (χ1) is 11.1. The van der Waals surface area contributed by atoms with Crippen LogP contribution in [0.5, 0.6) is 0 Å². The number of benzene rings is 2. The molecule has 1 fully saturated rings. The lowest BCUT2D eigenvalue weighted by atomic mass is 10.0. The Morgan fingerprint density at radius 2 is 2.13 bits per heavy atom. The van der Waals surface area contributed by atoms with E-state index in [1.165, 1.54) is 6.07 Å². The third-order valence-electron chi connectivity index (χ3n) is 4.09. The minimum absolute atomic E-state index is 0.0945. The summed E-state index contributed by atoms with van der Waals surface area (Å²) in [6, 6.07) is 10.4. The number of halogens is 2. The monoisotopic (exact) mass is 332 g/mol. The summed E-state index contributed by atoms with van der Waals surface area (Å²) >= 11 is 5.87. The van der Waals surface area contributed by atoms with Crippen LogP contribution in [0.1, 0.15) is 0 Å². The molecular formula is C17H14ClFN2O2. The Bertz CT molecular complexity index is 889. The quantitative estimate of drug-likeness (QED) is 0.801. The fourth-order valence-electron chi connectivity index (χ4n) is 2.82. The van der Waals surface area contributed by atoms with Crippen molar-refractivity contribution in [3.63, 3.8) is 0 Å². The Balaban J connectivity index is 1.79. The first kappa shape index (κ1) is 14.6. The number of nitrogens with zero attached hydrogens (tertiary/aromatic N) is 2. The summed E-state index contributed by atoms with van der Waals surface area (Å²) in [7, 11) is 0. The normalized spacial score (nSPS) is 16.5. The van der Waals surface area contributed by atoms with E-state index in [2.05, 4.69) is 4.98 Å². The molecule has 1 aromatic heterocycles. The SMILES string of the molecule is OC1(Cn2cnc3ccc(-c4cccc(Cl)c4F)cc32)COC1. The Morgan fingerprint density at radius 3 is 2.87 bits per heavy atom. The molecule has 0 unspecified atom stereocenters. The molecule has 23 heavy (non-hydrogen) atoms. The highest BCUT2D eigenvalue weighted by Gasteiger charge is 2.36. The number of imidazole rings is 1. The van der Waals surface area contributed by atoms with Crippen LogP contribution >= 0.6 is 11.6 Å². The molecule has 2 aromatic carbocycles. The van der Waals surface area contributed by atoms with Crippen molar-refractivity contribution in [1.29, 1.82) is 0 Å². The fraction of sp³-hybridized carbons (Fsp3) is 0.235. The largest absolute Gasteiger partial charge is 0.383 e. The first-order valence-corrected chi connectivity index (χ1v) is 7.63. The van der Waals surface area contributed by atoms with E-state index in [4.69, 9.17) is 16.3 Å². The standard InChI is InChI=1S/C17H14ClFN2O2/c18-13-3-1-2-12(16(13)19)11-4-5-14-15(6-11)21(10-20-14)7-17(22)8-23-9-17/h1-6,10,22H,7-9H2. The minimum Gasteiger partial charge on any atom is -0.383 e. The van der Waals surface area contributed by atoms with Crippen LogP contribution < -0.4 is 0 Å². The first-order valence-electron chi connectivity index (χ1n) is 7.25. The van der Waals surface area contributed by atoms with Gasteiger partial charge in [-0.2, -0.15) is 0 Å². The molecule has 118 valence electrons. The molecule has 2 heterocycles. The Kier molecular flexibility index (Phi) is 3.37. The molecule has 0 spiro atoms. The predicted octanol–water partition coefficient (Wildman–Crippen LogP) is 3.26. The van der Waals surface area contributed by atoms with Crippen LogP contribution in [0.2, 0.25) is 5.02 Å². The maximum absolute atomic E-state index is 14.2. The van der Waals surface area contributed by atoms with Gasteiger partial charge in [0.05, 0.1) is 42.1 Å². The number of hydrogen-bond donors (Lipinski definition) is 1. The zero-order valence-electron chi connectivity index (χ0n) is 12.2. The van der Waals surface area contributed by atoms with Crippen LogP contribution in [0.15, 0.2) is 42.7 Å². The summed E-state index contributed by atoms with van der Waals surface area (Å²) in [4.78, 5) is 4.33. The van der Waals surface area contributed by atoms with Crippen LogP contribution in [-0.4, -0.2) is 33.5 Å². The summed E-state index contributed by atoms with van der Waals surface area (Å²) < 4.78 is 21.2. The zero-order chi connectivity index (χ0) is 16.0. The van der Waals surface area contributed by atoms with Gasteiger partial charge >= 0.3 is 0 Å². The van der Waals surface area contributed by atoms with Gasteiger partial charge in [-0.1, -0.05) is 29.8 Å². The van der Waals surface area contributed by atoms with Gasteiger partial charge in [0.1, 0.15) is 11.4 Å². The zero-order valence-corrected chi connectivity index (χ0v) is 12.9. The molecule has 0 bridgehead atoms. The van der Waals surface area contributed by atoms with Crippen molar-refractivity contribution in [2.45, 2.75) is 12.1 Å². The average Bonchev–Trinajstić information content (AvgIpc) is 2.91. The van der Waals surface area contributed by atoms with Crippen LogP contribution in [0.25, 0.3) is 22.2 Å². The van der Waals surface area contributed by atoms with Crippen LogP contribution in [0.3, 0.4) is 0 Å². The second kappa shape index (κ2) is 5.30. The van der Waals surface area contributed by atoms with Gasteiger partial charge in [0.25, 0.3) is 0 Å². The lowest BCUT2D eigenvalue weighted by Crippen LogP contribution is -2.52. The molecule has 1 aliphatic heterocycles.